The van der Waals surface area contributed by atoms with Crippen molar-refractivity contribution in [2.24, 2.45) is 0 Å². The summed E-state index contributed by atoms with van der Waals surface area (Å²) in [6, 6.07) is 19.9. The number of likely N-dealkylation sites (N-methyl/N-ethyl adjacent to an activating group) is 1. The monoisotopic (exact) mass is 453 g/mol. The quantitative estimate of drug-likeness (QED) is 0.438. The minimum atomic E-state index is -0.800. The van der Waals surface area contributed by atoms with E-state index in [1.54, 1.807) is 4.90 Å². The van der Waals surface area contributed by atoms with Gasteiger partial charge in [0.2, 0.25) is 5.13 Å². The molecule has 2 saturated heterocycles. The van der Waals surface area contributed by atoms with Gasteiger partial charge in [0, 0.05) is 26.2 Å². The largest absolute Gasteiger partial charge is 0.304 e. The first kappa shape index (κ1) is 20.6. The average molecular weight is 454 g/mol. The molecular weight excluding hydrogens is 430 g/mol. The van der Waals surface area contributed by atoms with Crippen LogP contribution >= 0.6 is 22.9 Å². The first-order chi connectivity index (χ1) is 15.1. The van der Waals surface area contributed by atoms with Crippen molar-refractivity contribution >= 4 is 34.0 Å². The van der Waals surface area contributed by atoms with Crippen LogP contribution in [-0.4, -0.2) is 64.5 Å². The summed E-state index contributed by atoms with van der Waals surface area (Å²) in [6.07, 6.45) is 0. The van der Waals surface area contributed by atoms with Crippen molar-refractivity contribution in [3.05, 3.63) is 76.8 Å². The predicted octanol–water partition coefficient (Wildman–Crippen LogP) is 3.18. The summed E-state index contributed by atoms with van der Waals surface area (Å²) in [5.74, 6) is -0.142. The van der Waals surface area contributed by atoms with E-state index >= 15 is 0 Å². The third-order valence-electron chi connectivity index (χ3n) is 6.19. The summed E-state index contributed by atoms with van der Waals surface area (Å²) in [6.45, 7) is 4.87. The molecular formula is C23H24ClN5OS. The van der Waals surface area contributed by atoms with Crippen molar-refractivity contribution in [2.75, 3.05) is 38.1 Å². The number of piperazine rings is 1. The number of anilines is 1. The van der Waals surface area contributed by atoms with Gasteiger partial charge in [0.25, 0.3) is 5.91 Å². The fraction of sp³-hybridized carbons (Fsp3) is 0.348. The molecule has 0 radical (unpaired) electrons. The van der Waals surface area contributed by atoms with Crippen molar-refractivity contribution < 1.29 is 4.79 Å². The van der Waals surface area contributed by atoms with Gasteiger partial charge >= 0.3 is 0 Å². The molecule has 1 unspecified atom stereocenters. The maximum absolute atomic E-state index is 13.1. The molecule has 1 atom stereocenters. The third-order valence-corrected chi connectivity index (χ3v) is 7.58. The first-order valence-corrected chi connectivity index (χ1v) is 11.7. The molecule has 0 bridgehead atoms. The molecule has 3 aromatic rings. The Balaban J connectivity index is 1.50. The van der Waals surface area contributed by atoms with E-state index in [9.17, 15) is 4.79 Å². The number of rotatable bonds is 5. The molecule has 0 saturated carbocycles. The molecule has 5 rings (SSSR count). The number of halogens is 1. The first-order valence-electron chi connectivity index (χ1n) is 10.4. The van der Waals surface area contributed by atoms with Crippen molar-refractivity contribution in [3.8, 4) is 0 Å². The highest BCUT2D eigenvalue weighted by Crippen LogP contribution is 2.52. The number of amides is 1. The highest BCUT2D eigenvalue weighted by atomic mass is 35.5. The summed E-state index contributed by atoms with van der Waals surface area (Å²) in [7, 11) is 2.14. The maximum Gasteiger partial charge on any atom is 0.251 e. The number of β-lactam (4-membered cyclic amide) rings is 1. The van der Waals surface area contributed by atoms with E-state index in [4.69, 9.17) is 11.6 Å². The Bertz CT molecular complexity index is 1010. The van der Waals surface area contributed by atoms with E-state index in [0.29, 0.717) is 5.13 Å². The number of alkyl halides is 1. The van der Waals surface area contributed by atoms with Gasteiger partial charge in [-0.05, 0) is 18.2 Å². The Morgan fingerprint density at radius 3 is 2.13 bits per heavy atom. The summed E-state index contributed by atoms with van der Waals surface area (Å²) in [4.78, 5) is 19.5. The van der Waals surface area contributed by atoms with Gasteiger partial charge in [-0.2, -0.15) is 0 Å². The molecule has 1 aromatic heterocycles. The number of carbonyl (C=O) groups is 1. The van der Waals surface area contributed by atoms with Gasteiger partial charge in [0.1, 0.15) is 15.9 Å². The standard InChI is InChI=1S/C23H24ClN5OS/c1-27-12-14-28(15-13-27)16-19-25-26-22(31-19)29-21(30)20(24)23(29,17-8-4-2-5-9-17)18-10-6-3-7-11-18/h2-11,20H,12-16H2,1H3. The normalized spacial score (nSPS) is 21.8. The van der Waals surface area contributed by atoms with Crippen molar-refractivity contribution in [3.63, 3.8) is 0 Å². The summed E-state index contributed by atoms with van der Waals surface area (Å²) in [5.41, 5.74) is 1.14. The minimum Gasteiger partial charge on any atom is -0.304 e. The van der Waals surface area contributed by atoms with Crippen LogP contribution in [0.1, 0.15) is 16.1 Å². The molecule has 6 nitrogen and oxygen atoms in total. The number of nitrogens with zero attached hydrogens (tertiary/aromatic N) is 5. The van der Waals surface area contributed by atoms with Crippen LogP contribution in [0, 0.1) is 0 Å². The van der Waals surface area contributed by atoms with Gasteiger partial charge in [-0.25, -0.2) is 0 Å². The molecule has 160 valence electrons. The average Bonchev–Trinajstić information content (AvgIpc) is 3.26. The summed E-state index contributed by atoms with van der Waals surface area (Å²) < 4.78 is 0. The third kappa shape index (κ3) is 3.46. The molecule has 0 N–H and O–H groups in total. The van der Waals surface area contributed by atoms with Gasteiger partial charge in [-0.15, -0.1) is 21.8 Å². The second-order valence-corrected chi connectivity index (χ2v) is 9.57. The van der Waals surface area contributed by atoms with E-state index in [1.807, 2.05) is 60.7 Å². The van der Waals surface area contributed by atoms with E-state index in [-0.39, 0.29) is 5.91 Å². The lowest BCUT2D eigenvalue weighted by atomic mass is 9.72. The lowest BCUT2D eigenvalue weighted by Crippen LogP contribution is -2.71. The minimum absolute atomic E-state index is 0.142. The van der Waals surface area contributed by atoms with Crippen molar-refractivity contribution in [2.45, 2.75) is 17.5 Å². The molecule has 0 aliphatic carbocycles. The fourth-order valence-corrected chi connectivity index (χ4v) is 5.85. The van der Waals surface area contributed by atoms with Crippen LogP contribution in [0.15, 0.2) is 60.7 Å². The van der Waals surface area contributed by atoms with Gasteiger partial charge in [0.15, 0.2) is 0 Å². The number of carbonyl (C=O) groups excluding carboxylic acids is 1. The number of benzene rings is 2. The molecule has 3 heterocycles. The van der Waals surface area contributed by atoms with E-state index in [0.717, 1.165) is 48.9 Å². The van der Waals surface area contributed by atoms with Crippen LogP contribution in [0.2, 0.25) is 0 Å². The topological polar surface area (TPSA) is 52.6 Å². The number of aromatic nitrogens is 2. The van der Waals surface area contributed by atoms with E-state index < -0.39 is 10.9 Å². The SMILES string of the molecule is CN1CCN(Cc2nnc(N3C(=O)C(Cl)C3(c3ccccc3)c3ccccc3)s2)CC1. The van der Waals surface area contributed by atoms with Crippen LogP contribution in [0.25, 0.3) is 0 Å². The van der Waals surface area contributed by atoms with Crippen LogP contribution in [-0.2, 0) is 16.9 Å². The second kappa shape index (κ2) is 8.31. The fourth-order valence-electron chi connectivity index (χ4n) is 4.46. The zero-order chi connectivity index (χ0) is 21.4. The Morgan fingerprint density at radius 1 is 0.968 bits per heavy atom. The van der Waals surface area contributed by atoms with Gasteiger partial charge in [-0.1, -0.05) is 72.0 Å². The molecule has 2 aliphatic rings. The van der Waals surface area contributed by atoms with Crippen LogP contribution < -0.4 is 4.90 Å². The lowest BCUT2D eigenvalue weighted by molar-refractivity contribution is -0.126. The molecule has 1 amide bonds. The molecule has 0 spiro atoms. The zero-order valence-corrected chi connectivity index (χ0v) is 18.9. The predicted molar refractivity (Wildman–Crippen MR) is 123 cm³/mol. The summed E-state index contributed by atoms with van der Waals surface area (Å²) in [5, 5.41) is 9.66. The molecule has 8 heteroatoms. The molecule has 2 aliphatic heterocycles. The van der Waals surface area contributed by atoms with E-state index in [1.165, 1.54) is 11.3 Å². The zero-order valence-electron chi connectivity index (χ0n) is 17.3. The smallest absolute Gasteiger partial charge is 0.251 e. The molecule has 31 heavy (non-hydrogen) atoms. The molecule has 2 fully saturated rings. The maximum atomic E-state index is 13.1. The van der Waals surface area contributed by atoms with Crippen LogP contribution in [0.3, 0.4) is 0 Å². The van der Waals surface area contributed by atoms with Crippen LogP contribution in [0.5, 0.6) is 0 Å². The van der Waals surface area contributed by atoms with Gasteiger partial charge in [-0.3, -0.25) is 14.6 Å². The Hall–Kier alpha value is -2.32. The highest BCUT2D eigenvalue weighted by Gasteiger charge is 2.63. The Kier molecular flexibility index (Phi) is 5.52. The number of hydrogen-bond acceptors (Lipinski definition) is 6. The Labute approximate surface area is 191 Å². The molecule has 2 aromatic carbocycles. The van der Waals surface area contributed by atoms with Gasteiger partial charge in [0.05, 0.1) is 6.54 Å². The van der Waals surface area contributed by atoms with Crippen molar-refractivity contribution in [1.29, 1.82) is 0 Å². The lowest BCUT2D eigenvalue weighted by Gasteiger charge is -2.54. The number of hydrogen-bond donors (Lipinski definition) is 0. The van der Waals surface area contributed by atoms with E-state index in [2.05, 4.69) is 27.0 Å². The second-order valence-electron chi connectivity index (χ2n) is 8.09. The summed E-state index contributed by atoms with van der Waals surface area (Å²) >= 11 is 8.24. The van der Waals surface area contributed by atoms with Crippen LogP contribution in [0.4, 0.5) is 5.13 Å². The Morgan fingerprint density at radius 2 is 1.55 bits per heavy atom. The van der Waals surface area contributed by atoms with Crippen molar-refractivity contribution in [1.82, 2.24) is 20.0 Å². The highest BCUT2D eigenvalue weighted by molar-refractivity contribution is 7.15. The van der Waals surface area contributed by atoms with Gasteiger partial charge < -0.3 is 4.90 Å².